The van der Waals surface area contributed by atoms with Crippen LogP contribution in [0.25, 0.3) is 0 Å². The lowest BCUT2D eigenvalue weighted by atomic mass is 9.85. The van der Waals surface area contributed by atoms with Gasteiger partial charge in [0.25, 0.3) is 0 Å². The summed E-state index contributed by atoms with van der Waals surface area (Å²) >= 11 is 3.60. The van der Waals surface area contributed by atoms with Crippen LogP contribution in [0.1, 0.15) is 12.8 Å². The molecule has 0 aliphatic heterocycles. The maximum atomic E-state index is 4.21. The minimum Gasteiger partial charge on any atom is -0.359 e. The van der Waals surface area contributed by atoms with E-state index >= 15 is 0 Å². The van der Waals surface area contributed by atoms with Crippen molar-refractivity contribution in [3.05, 3.63) is 18.6 Å². The Balaban J connectivity index is 1.87. The SMILES string of the molecule is CN(CC1CC(Br)C1)c1ccncn1. The Bertz CT molecular complexity index is 285. The Kier molecular flexibility index (Phi) is 3.01. The molecule has 0 N–H and O–H groups in total. The van der Waals surface area contributed by atoms with E-state index in [0.717, 1.165) is 23.1 Å². The highest BCUT2D eigenvalue weighted by molar-refractivity contribution is 9.09. The van der Waals surface area contributed by atoms with Gasteiger partial charge in [-0.15, -0.1) is 0 Å². The van der Waals surface area contributed by atoms with Crippen molar-refractivity contribution in [2.75, 3.05) is 18.5 Å². The van der Waals surface area contributed by atoms with Crippen molar-refractivity contribution in [1.82, 2.24) is 9.97 Å². The number of rotatable bonds is 3. The van der Waals surface area contributed by atoms with E-state index in [-0.39, 0.29) is 0 Å². The summed E-state index contributed by atoms with van der Waals surface area (Å²) in [5.41, 5.74) is 0. The number of anilines is 1. The minimum absolute atomic E-state index is 0.742. The lowest BCUT2D eigenvalue weighted by molar-refractivity contribution is 0.338. The van der Waals surface area contributed by atoms with E-state index < -0.39 is 0 Å². The van der Waals surface area contributed by atoms with Gasteiger partial charge in [-0.1, -0.05) is 15.9 Å². The third-order valence-electron chi connectivity index (χ3n) is 2.67. The molecule has 0 unspecified atom stereocenters. The van der Waals surface area contributed by atoms with E-state index in [1.165, 1.54) is 12.8 Å². The fourth-order valence-electron chi connectivity index (χ4n) is 1.79. The molecule has 0 radical (unpaired) electrons. The predicted octanol–water partition coefficient (Wildman–Crippen LogP) is 2.09. The quantitative estimate of drug-likeness (QED) is 0.775. The first kappa shape index (κ1) is 9.90. The zero-order chi connectivity index (χ0) is 9.97. The molecule has 0 bridgehead atoms. The molecular weight excluding hydrogens is 242 g/mol. The molecule has 1 aliphatic rings. The zero-order valence-electron chi connectivity index (χ0n) is 8.23. The molecule has 14 heavy (non-hydrogen) atoms. The Morgan fingerprint density at radius 1 is 1.57 bits per heavy atom. The molecule has 1 saturated carbocycles. The van der Waals surface area contributed by atoms with Crippen molar-refractivity contribution < 1.29 is 0 Å². The van der Waals surface area contributed by atoms with Crippen LogP contribution in [0.4, 0.5) is 5.82 Å². The highest BCUT2D eigenvalue weighted by atomic mass is 79.9. The third-order valence-corrected chi connectivity index (χ3v) is 3.42. The van der Waals surface area contributed by atoms with Gasteiger partial charge < -0.3 is 4.90 Å². The van der Waals surface area contributed by atoms with Crippen molar-refractivity contribution in [3.63, 3.8) is 0 Å². The monoisotopic (exact) mass is 255 g/mol. The van der Waals surface area contributed by atoms with Crippen molar-refractivity contribution >= 4 is 21.7 Å². The van der Waals surface area contributed by atoms with Gasteiger partial charge >= 0.3 is 0 Å². The summed E-state index contributed by atoms with van der Waals surface area (Å²) in [6.45, 7) is 1.10. The Morgan fingerprint density at radius 2 is 2.36 bits per heavy atom. The van der Waals surface area contributed by atoms with E-state index in [1.807, 2.05) is 6.07 Å². The van der Waals surface area contributed by atoms with Crippen molar-refractivity contribution in [2.24, 2.45) is 5.92 Å². The molecule has 2 rings (SSSR count). The average Bonchev–Trinajstić information content (AvgIpc) is 2.17. The molecule has 1 heterocycles. The summed E-state index contributed by atoms with van der Waals surface area (Å²) in [6, 6.07) is 1.95. The maximum Gasteiger partial charge on any atom is 0.131 e. The van der Waals surface area contributed by atoms with E-state index in [1.54, 1.807) is 12.5 Å². The third kappa shape index (κ3) is 2.23. The summed E-state index contributed by atoms with van der Waals surface area (Å²) in [7, 11) is 2.09. The Labute approximate surface area is 92.7 Å². The van der Waals surface area contributed by atoms with Crippen LogP contribution >= 0.6 is 15.9 Å². The summed E-state index contributed by atoms with van der Waals surface area (Å²) in [6.07, 6.45) is 5.96. The van der Waals surface area contributed by atoms with Crippen LogP contribution in [0, 0.1) is 5.92 Å². The van der Waals surface area contributed by atoms with Gasteiger partial charge in [-0.3, -0.25) is 0 Å². The molecule has 1 aromatic heterocycles. The molecule has 4 heteroatoms. The van der Waals surface area contributed by atoms with Gasteiger partial charge in [-0.25, -0.2) is 9.97 Å². The molecule has 0 atom stereocenters. The first-order valence-electron chi connectivity index (χ1n) is 4.87. The molecule has 1 fully saturated rings. The predicted molar refractivity (Wildman–Crippen MR) is 60.7 cm³/mol. The molecule has 1 aromatic rings. The first-order chi connectivity index (χ1) is 6.75. The molecule has 0 aromatic carbocycles. The summed E-state index contributed by atoms with van der Waals surface area (Å²) in [5, 5.41) is 0. The number of hydrogen-bond donors (Lipinski definition) is 0. The fraction of sp³-hybridized carbons (Fsp3) is 0.600. The molecule has 1 aliphatic carbocycles. The zero-order valence-corrected chi connectivity index (χ0v) is 9.81. The second kappa shape index (κ2) is 4.26. The fourth-order valence-corrected chi connectivity index (χ4v) is 2.85. The topological polar surface area (TPSA) is 29.0 Å². The lowest BCUT2D eigenvalue weighted by Gasteiger charge is -2.34. The number of aromatic nitrogens is 2. The van der Waals surface area contributed by atoms with Crippen LogP contribution in [0.5, 0.6) is 0 Å². The molecule has 0 saturated heterocycles. The second-order valence-electron chi connectivity index (χ2n) is 3.88. The standard InChI is InChI=1S/C10H14BrN3/c1-14(6-8-4-9(11)5-8)10-2-3-12-7-13-10/h2-3,7-9H,4-6H2,1H3. The summed E-state index contributed by atoms with van der Waals surface area (Å²) < 4.78 is 0. The Hall–Kier alpha value is -0.640. The second-order valence-corrected chi connectivity index (χ2v) is 5.18. The molecule has 0 spiro atoms. The molecule has 3 nitrogen and oxygen atoms in total. The van der Waals surface area contributed by atoms with Crippen molar-refractivity contribution in [3.8, 4) is 0 Å². The summed E-state index contributed by atoms with van der Waals surface area (Å²) in [5.74, 6) is 1.83. The van der Waals surface area contributed by atoms with E-state index in [9.17, 15) is 0 Å². The van der Waals surface area contributed by atoms with Crippen LogP contribution < -0.4 is 4.90 Å². The maximum absolute atomic E-state index is 4.21. The van der Waals surface area contributed by atoms with Crippen LogP contribution in [-0.4, -0.2) is 28.4 Å². The first-order valence-corrected chi connectivity index (χ1v) is 5.78. The highest BCUT2D eigenvalue weighted by Gasteiger charge is 2.27. The van der Waals surface area contributed by atoms with Gasteiger partial charge in [-0.05, 0) is 24.8 Å². The van der Waals surface area contributed by atoms with Crippen LogP contribution in [0.15, 0.2) is 18.6 Å². The number of nitrogens with zero attached hydrogens (tertiary/aromatic N) is 3. The largest absolute Gasteiger partial charge is 0.359 e. The van der Waals surface area contributed by atoms with E-state index in [2.05, 4.69) is 37.8 Å². The van der Waals surface area contributed by atoms with Gasteiger partial charge in [0.1, 0.15) is 12.1 Å². The average molecular weight is 256 g/mol. The van der Waals surface area contributed by atoms with E-state index in [4.69, 9.17) is 0 Å². The van der Waals surface area contributed by atoms with Gasteiger partial charge in [0.2, 0.25) is 0 Å². The highest BCUT2D eigenvalue weighted by Crippen LogP contribution is 2.33. The van der Waals surface area contributed by atoms with E-state index in [0.29, 0.717) is 0 Å². The van der Waals surface area contributed by atoms with Gasteiger partial charge in [0.15, 0.2) is 0 Å². The minimum atomic E-state index is 0.742. The lowest BCUT2D eigenvalue weighted by Crippen LogP contribution is -2.34. The number of alkyl halides is 1. The van der Waals surface area contributed by atoms with Crippen molar-refractivity contribution in [1.29, 1.82) is 0 Å². The normalized spacial score (nSPS) is 25.6. The van der Waals surface area contributed by atoms with Gasteiger partial charge in [0, 0.05) is 24.6 Å². The van der Waals surface area contributed by atoms with Gasteiger partial charge in [0.05, 0.1) is 0 Å². The van der Waals surface area contributed by atoms with Gasteiger partial charge in [-0.2, -0.15) is 0 Å². The Morgan fingerprint density at radius 3 is 2.93 bits per heavy atom. The summed E-state index contributed by atoms with van der Waals surface area (Å²) in [4.78, 5) is 11.1. The van der Waals surface area contributed by atoms with Crippen molar-refractivity contribution in [2.45, 2.75) is 17.7 Å². The van der Waals surface area contributed by atoms with Crippen LogP contribution in [0.2, 0.25) is 0 Å². The molecule has 0 amide bonds. The molecule has 76 valence electrons. The smallest absolute Gasteiger partial charge is 0.131 e. The number of halogens is 1. The number of hydrogen-bond acceptors (Lipinski definition) is 3. The van der Waals surface area contributed by atoms with Crippen LogP contribution in [0.3, 0.4) is 0 Å². The molecular formula is C10H14BrN3. The van der Waals surface area contributed by atoms with Crippen LogP contribution in [-0.2, 0) is 0 Å².